The lowest BCUT2D eigenvalue weighted by Gasteiger charge is -2.19. The summed E-state index contributed by atoms with van der Waals surface area (Å²) in [7, 11) is 2.94. The Bertz CT molecular complexity index is 921. The minimum atomic E-state index is -0.456. The van der Waals surface area contributed by atoms with Crippen LogP contribution < -0.4 is 21.5 Å². The number of amides is 1. The van der Waals surface area contributed by atoms with E-state index in [9.17, 15) is 14.4 Å². The van der Waals surface area contributed by atoms with E-state index in [4.69, 9.17) is 0 Å². The van der Waals surface area contributed by atoms with Crippen LogP contribution in [-0.2, 0) is 18.9 Å². The molecule has 8 heteroatoms. The molecule has 0 saturated heterocycles. The van der Waals surface area contributed by atoms with Gasteiger partial charge in [0.2, 0.25) is 5.91 Å². The van der Waals surface area contributed by atoms with Crippen LogP contribution in [0.3, 0.4) is 0 Å². The topological polar surface area (TPSA) is 89.2 Å². The average molecular weight is 357 g/mol. The number of pyridine rings is 1. The highest BCUT2D eigenvalue weighted by Gasteiger charge is 2.06. The van der Waals surface area contributed by atoms with Gasteiger partial charge in [-0.1, -0.05) is 0 Å². The summed E-state index contributed by atoms with van der Waals surface area (Å²) in [6.07, 6.45) is 5.62. The van der Waals surface area contributed by atoms with E-state index < -0.39 is 17.2 Å². The van der Waals surface area contributed by atoms with Gasteiger partial charge in [0.1, 0.15) is 5.82 Å². The molecule has 0 aliphatic rings. The van der Waals surface area contributed by atoms with Crippen LogP contribution in [0.25, 0.3) is 6.08 Å². The molecule has 2 rings (SSSR count). The molecule has 26 heavy (non-hydrogen) atoms. The predicted molar refractivity (Wildman–Crippen MR) is 102 cm³/mol. The van der Waals surface area contributed by atoms with E-state index in [-0.39, 0.29) is 5.56 Å². The Labute approximate surface area is 151 Å². The van der Waals surface area contributed by atoms with Crippen molar-refractivity contribution in [1.82, 2.24) is 14.1 Å². The Morgan fingerprint density at radius 3 is 2.50 bits per heavy atom. The van der Waals surface area contributed by atoms with Crippen LogP contribution in [0.1, 0.15) is 19.4 Å². The summed E-state index contributed by atoms with van der Waals surface area (Å²) in [5.74, 6) is 0.454. The smallest absolute Gasteiger partial charge is 0.330 e. The van der Waals surface area contributed by atoms with Crippen LogP contribution in [0.2, 0.25) is 0 Å². The van der Waals surface area contributed by atoms with E-state index in [2.05, 4.69) is 29.0 Å². The van der Waals surface area contributed by atoms with E-state index in [0.717, 1.165) is 23.5 Å². The fourth-order valence-electron chi connectivity index (χ4n) is 2.49. The van der Waals surface area contributed by atoms with Gasteiger partial charge < -0.3 is 14.8 Å². The largest absolute Gasteiger partial charge is 0.357 e. The first-order chi connectivity index (χ1) is 12.4. The predicted octanol–water partition coefficient (Wildman–Crippen LogP) is 0.977. The number of aromatic nitrogens is 3. The number of aryl methyl sites for hydroxylation is 1. The van der Waals surface area contributed by atoms with Crippen LogP contribution in [0.5, 0.6) is 0 Å². The molecular formula is C18H23N5O3. The third-order valence-electron chi connectivity index (χ3n) is 3.99. The molecule has 8 nitrogen and oxygen atoms in total. The van der Waals surface area contributed by atoms with Gasteiger partial charge in [-0.3, -0.25) is 14.2 Å². The normalized spacial score (nSPS) is 10.9. The molecular weight excluding hydrogens is 334 g/mol. The third-order valence-corrected chi connectivity index (χ3v) is 3.99. The van der Waals surface area contributed by atoms with Crippen LogP contribution in [-0.4, -0.2) is 33.1 Å². The molecule has 2 aromatic heterocycles. The standard InChI is InChI=1S/C18H23N5O3/c1-5-23(6-2)15-9-8-14(11-19-15)20-16(24)10-7-13-12-21(3)18(26)22(4)17(13)25/h7-12H,5-6H2,1-4H3,(H,20,24)/b10-7-. The molecule has 0 aliphatic heterocycles. The van der Waals surface area contributed by atoms with Crippen molar-refractivity contribution in [1.29, 1.82) is 0 Å². The highest BCUT2D eigenvalue weighted by atomic mass is 16.2. The molecule has 138 valence electrons. The van der Waals surface area contributed by atoms with Crippen molar-refractivity contribution in [2.24, 2.45) is 14.1 Å². The first-order valence-corrected chi connectivity index (χ1v) is 8.34. The number of carbonyl (C=O) groups excluding carboxylic acids is 1. The summed E-state index contributed by atoms with van der Waals surface area (Å²) in [6.45, 7) is 5.81. The quantitative estimate of drug-likeness (QED) is 0.779. The monoisotopic (exact) mass is 357 g/mol. The molecule has 0 bridgehead atoms. The first kappa shape index (κ1) is 19.2. The second-order valence-electron chi connectivity index (χ2n) is 5.74. The van der Waals surface area contributed by atoms with E-state index in [1.54, 1.807) is 19.3 Å². The molecule has 2 aromatic rings. The van der Waals surface area contributed by atoms with Gasteiger partial charge in [-0.05, 0) is 32.1 Å². The Morgan fingerprint density at radius 1 is 1.23 bits per heavy atom. The number of rotatable bonds is 6. The van der Waals surface area contributed by atoms with Gasteiger partial charge >= 0.3 is 5.69 Å². The second-order valence-corrected chi connectivity index (χ2v) is 5.74. The maximum absolute atomic E-state index is 12.1. The average Bonchev–Trinajstić information content (AvgIpc) is 2.64. The molecule has 2 heterocycles. The lowest BCUT2D eigenvalue weighted by atomic mass is 10.3. The highest BCUT2D eigenvalue weighted by molar-refractivity contribution is 6.01. The molecule has 0 spiro atoms. The van der Waals surface area contributed by atoms with E-state index >= 15 is 0 Å². The van der Waals surface area contributed by atoms with E-state index in [1.165, 1.54) is 30.0 Å². The lowest BCUT2D eigenvalue weighted by Crippen LogP contribution is -2.37. The van der Waals surface area contributed by atoms with Gasteiger partial charge in [-0.15, -0.1) is 0 Å². The zero-order valence-electron chi connectivity index (χ0n) is 15.4. The van der Waals surface area contributed by atoms with Gasteiger partial charge in [0.15, 0.2) is 0 Å². The molecule has 0 radical (unpaired) electrons. The van der Waals surface area contributed by atoms with Crippen molar-refractivity contribution in [3.63, 3.8) is 0 Å². The van der Waals surface area contributed by atoms with E-state index in [1.807, 2.05) is 6.07 Å². The summed E-state index contributed by atoms with van der Waals surface area (Å²) < 4.78 is 2.28. The van der Waals surface area contributed by atoms with Crippen molar-refractivity contribution in [2.75, 3.05) is 23.3 Å². The number of hydrogen-bond acceptors (Lipinski definition) is 5. The molecule has 0 aliphatic carbocycles. The molecule has 1 amide bonds. The first-order valence-electron chi connectivity index (χ1n) is 8.34. The summed E-state index contributed by atoms with van der Waals surface area (Å²) in [6, 6.07) is 3.62. The molecule has 0 saturated carbocycles. The van der Waals surface area contributed by atoms with Gasteiger partial charge in [0.25, 0.3) is 5.56 Å². The number of hydrogen-bond donors (Lipinski definition) is 1. The Hall–Kier alpha value is -3.16. The van der Waals surface area contributed by atoms with Crippen LogP contribution in [0, 0.1) is 0 Å². The molecule has 0 unspecified atom stereocenters. The van der Waals surface area contributed by atoms with Crippen molar-refractivity contribution < 1.29 is 4.79 Å². The van der Waals surface area contributed by atoms with Gasteiger partial charge in [-0.25, -0.2) is 9.78 Å². The molecule has 0 aromatic carbocycles. The van der Waals surface area contributed by atoms with Crippen molar-refractivity contribution in [2.45, 2.75) is 13.8 Å². The third kappa shape index (κ3) is 4.27. The zero-order chi connectivity index (χ0) is 19.3. The lowest BCUT2D eigenvalue weighted by molar-refractivity contribution is -0.111. The second kappa shape index (κ2) is 8.28. The molecule has 0 atom stereocenters. The fraction of sp³-hybridized carbons (Fsp3) is 0.333. The van der Waals surface area contributed by atoms with Gasteiger partial charge in [0.05, 0.1) is 17.4 Å². The number of nitrogens with zero attached hydrogens (tertiary/aromatic N) is 4. The minimum Gasteiger partial charge on any atom is -0.357 e. The summed E-state index contributed by atoms with van der Waals surface area (Å²) in [4.78, 5) is 42.2. The van der Waals surface area contributed by atoms with Crippen molar-refractivity contribution >= 4 is 23.5 Å². The summed E-state index contributed by atoms with van der Waals surface area (Å²) in [5, 5.41) is 2.69. The van der Waals surface area contributed by atoms with Crippen LogP contribution in [0.4, 0.5) is 11.5 Å². The maximum Gasteiger partial charge on any atom is 0.330 e. The Morgan fingerprint density at radius 2 is 1.92 bits per heavy atom. The number of nitrogens with one attached hydrogen (secondary N) is 1. The van der Waals surface area contributed by atoms with E-state index in [0.29, 0.717) is 5.69 Å². The Balaban J connectivity index is 2.11. The van der Waals surface area contributed by atoms with Gasteiger partial charge in [-0.2, -0.15) is 0 Å². The van der Waals surface area contributed by atoms with Gasteiger partial charge in [0, 0.05) is 39.5 Å². The zero-order valence-corrected chi connectivity index (χ0v) is 15.4. The van der Waals surface area contributed by atoms with Crippen LogP contribution in [0.15, 0.2) is 40.2 Å². The minimum absolute atomic E-state index is 0.250. The molecule has 0 fully saturated rings. The van der Waals surface area contributed by atoms with Crippen molar-refractivity contribution in [3.05, 3.63) is 57.0 Å². The number of anilines is 2. The SMILES string of the molecule is CCN(CC)c1ccc(NC(=O)/C=C\c2cn(C)c(=O)n(C)c2=O)cn1. The Kier molecular flexibility index (Phi) is 6.11. The maximum atomic E-state index is 12.1. The number of carbonyl (C=O) groups is 1. The summed E-state index contributed by atoms with van der Waals surface area (Å²) >= 11 is 0. The highest BCUT2D eigenvalue weighted by Crippen LogP contribution is 2.13. The summed E-state index contributed by atoms with van der Waals surface area (Å²) in [5.41, 5.74) is -0.0676. The van der Waals surface area contributed by atoms with Crippen LogP contribution >= 0.6 is 0 Å². The van der Waals surface area contributed by atoms with Crippen molar-refractivity contribution in [3.8, 4) is 0 Å². The fourth-order valence-corrected chi connectivity index (χ4v) is 2.49. The molecule has 1 N–H and O–H groups in total.